The summed E-state index contributed by atoms with van der Waals surface area (Å²) in [4.78, 5) is 23.6. The minimum Gasteiger partial charge on any atom is -0.479 e. The van der Waals surface area contributed by atoms with Crippen LogP contribution in [0.1, 0.15) is 18.0 Å². The monoisotopic (exact) mass is 312 g/mol. The van der Waals surface area contributed by atoms with Gasteiger partial charge in [-0.1, -0.05) is 29.8 Å². The van der Waals surface area contributed by atoms with Crippen molar-refractivity contribution in [3.8, 4) is 0 Å². The Kier molecular flexibility index (Phi) is 5.17. The van der Waals surface area contributed by atoms with Gasteiger partial charge in [0.05, 0.1) is 12.1 Å². The highest BCUT2D eigenvalue weighted by Gasteiger charge is 2.32. The van der Waals surface area contributed by atoms with Crippen molar-refractivity contribution >= 4 is 23.5 Å². The van der Waals surface area contributed by atoms with Crippen LogP contribution in [0.2, 0.25) is 5.02 Å². The minimum absolute atomic E-state index is 0.0376. The molecule has 21 heavy (non-hydrogen) atoms. The van der Waals surface area contributed by atoms with Gasteiger partial charge in [0.2, 0.25) is 5.91 Å². The first-order valence-electron chi connectivity index (χ1n) is 6.56. The smallest absolute Gasteiger partial charge is 0.330 e. The number of halogens is 1. The Morgan fingerprint density at radius 2 is 2.19 bits per heavy atom. The zero-order valence-corrected chi connectivity index (χ0v) is 12.3. The fraction of sp³-hybridized carbons (Fsp3) is 0.429. The predicted octanol–water partition coefficient (Wildman–Crippen LogP) is 0.959. The summed E-state index contributed by atoms with van der Waals surface area (Å²) in [5, 5.41) is 15.2. The van der Waals surface area contributed by atoms with Gasteiger partial charge in [0, 0.05) is 24.2 Å². The summed E-state index contributed by atoms with van der Waals surface area (Å²) in [5.41, 5.74) is 0.362. The van der Waals surface area contributed by atoms with Crippen molar-refractivity contribution < 1.29 is 19.4 Å². The normalized spacial score (nSPS) is 22.8. The predicted molar refractivity (Wildman–Crippen MR) is 77.2 cm³/mol. The van der Waals surface area contributed by atoms with Gasteiger partial charge < -0.3 is 20.5 Å². The molecule has 1 heterocycles. The van der Waals surface area contributed by atoms with Crippen molar-refractivity contribution in [2.24, 2.45) is 0 Å². The van der Waals surface area contributed by atoms with Crippen LogP contribution in [0.5, 0.6) is 0 Å². The number of carboxylic acids is 1. The average Bonchev–Trinajstić information content (AvgIpc) is 2.94. The molecule has 0 saturated carbocycles. The molecule has 0 spiro atoms. The van der Waals surface area contributed by atoms with E-state index < -0.39 is 18.1 Å². The molecule has 1 aromatic carbocycles. The third-order valence-electron chi connectivity index (χ3n) is 3.49. The highest BCUT2D eigenvalue weighted by molar-refractivity contribution is 6.31. The molecule has 3 N–H and O–H groups in total. The summed E-state index contributed by atoms with van der Waals surface area (Å²) in [6.45, 7) is 0.568. The van der Waals surface area contributed by atoms with E-state index in [-0.39, 0.29) is 12.0 Å². The number of methoxy groups -OCH3 is 1. The Hall–Kier alpha value is -1.63. The zero-order chi connectivity index (χ0) is 15.4. The summed E-state index contributed by atoms with van der Waals surface area (Å²) in [7, 11) is 1.58. The van der Waals surface area contributed by atoms with Gasteiger partial charge in [0.25, 0.3) is 0 Å². The van der Waals surface area contributed by atoms with Crippen molar-refractivity contribution in [2.45, 2.75) is 24.6 Å². The van der Waals surface area contributed by atoms with Crippen LogP contribution in [0.4, 0.5) is 0 Å². The van der Waals surface area contributed by atoms with E-state index in [4.69, 9.17) is 16.3 Å². The lowest BCUT2D eigenvalue weighted by Gasteiger charge is -2.18. The van der Waals surface area contributed by atoms with Crippen molar-refractivity contribution in [3.63, 3.8) is 0 Å². The second-order valence-electron chi connectivity index (χ2n) is 4.86. The third kappa shape index (κ3) is 3.72. The Morgan fingerprint density at radius 3 is 2.76 bits per heavy atom. The van der Waals surface area contributed by atoms with Gasteiger partial charge in [-0.2, -0.15) is 0 Å². The average molecular weight is 313 g/mol. The largest absolute Gasteiger partial charge is 0.479 e. The molecular formula is C14H17ClN2O4. The van der Waals surface area contributed by atoms with E-state index in [1.165, 1.54) is 0 Å². The second kappa shape index (κ2) is 6.89. The van der Waals surface area contributed by atoms with Crippen LogP contribution in [0.3, 0.4) is 0 Å². The third-order valence-corrected chi connectivity index (χ3v) is 3.83. The molecule has 1 aromatic rings. The molecule has 0 bridgehead atoms. The Labute approximate surface area is 127 Å². The maximum absolute atomic E-state index is 12.2. The number of aliphatic carboxylic acids is 1. The fourth-order valence-corrected chi connectivity index (χ4v) is 2.55. The van der Waals surface area contributed by atoms with Crippen LogP contribution in [-0.2, 0) is 14.3 Å². The van der Waals surface area contributed by atoms with Crippen LogP contribution < -0.4 is 10.6 Å². The molecule has 2 unspecified atom stereocenters. The number of carbonyl (C=O) groups excluding carboxylic acids is 1. The van der Waals surface area contributed by atoms with E-state index in [1.807, 2.05) is 0 Å². The molecule has 1 aliphatic heterocycles. The number of amides is 1. The number of hydrogen-bond acceptors (Lipinski definition) is 4. The highest BCUT2D eigenvalue weighted by Crippen LogP contribution is 2.23. The number of carboxylic acid groups (broad SMARTS) is 1. The Bertz CT molecular complexity index is 537. The molecule has 0 radical (unpaired) electrons. The molecule has 114 valence electrons. The summed E-state index contributed by atoms with van der Waals surface area (Å²) in [6.07, 6.45) is 0.473. The molecule has 1 saturated heterocycles. The molecule has 1 aliphatic rings. The topological polar surface area (TPSA) is 87.7 Å². The van der Waals surface area contributed by atoms with Gasteiger partial charge in [-0.25, -0.2) is 4.79 Å². The lowest BCUT2D eigenvalue weighted by molar-refractivity contribution is -0.142. The summed E-state index contributed by atoms with van der Waals surface area (Å²) in [6, 6.07) is 4.93. The fourth-order valence-electron chi connectivity index (χ4n) is 2.31. The van der Waals surface area contributed by atoms with E-state index in [0.29, 0.717) is 23.6 Å². The summed E-state index contributed by atoms with van der Waals surface area (Å²) >= 11 is 6.00. The quantitative estimate of drug-likeness (QED) is 0.754. The maximum Gasteiger partial charge on any atom is 0.330 e. The molecule has 1 amide bonds. The van der Waals surface area contributed by atoms with Crippen LogP contribution >= 0.6 is 11.6 Å². The van der Waals surface area contributed by atoms with Crippen LogP contribution in [0, 0.1) is 0 Å². The second-order valence-corrected chi connectivity index (χ2v) is 5.26. The lowest BCUT2D eigenvalue weighted by Crippen LogP contribution is -2.44. The van der Waals surface area contributed by atoms with E-state index in [0.717, 1.165) is 0 Å². The first kappa shape index (κ1) is 15.8. The molecule has 0 aromatic heterocycles. The number of ether oxygens (including phenoxy) is 1. The van der Waals surface area contributed by atoms with E-state index >= 15 is 0 Å². The molecule has 0 aliphatic carbocycles. The van der Waals surface area contributed by atoms with Crippen molar-refractivity contribution in [1.29, 1.82) is 0 Å². The number of hydrogen-bond donors (Lipinski definition) is 3. The first-order chi connectivity index (χ1) is 10.0. The van der Waals surface area contributed by atoms with E-state index in [9.17, 15) is 14.7 Å². The van der Waals surface area contributed by atoms with Crippen LogP contribution in [0.15, 0.2) is 24.3 Å². The highest BCUT2D eigenvalue weighted by atomic mass is 35.5. The first-order valence-corrected chi connectivity index (χ1v) is 6.94. The van der Waals surface area contributed by atoms with Gasteiger partial charge in [-0.3, -0.25) is 4.79 Å². The number of carbonyl (C=O) groups is 2. The molecular weight excluding hydrogens is 296 g/mol. The zero-order valence-electron chi connectivity index (χ0n) is 11.5. The lowest BCUT2D eigenvalue weighted by atomic mass is 10.1. The number of nitrogens with one attached hydrogen (secondary N) is 2. The maximum atomic E-state index is 12.2. The van der Waals surface area contributed by atoms with Gasteiger partial charge in [-0.15, -0.1) is 0 Å². The number of benzene rings is 1. The molecule has 6 nitrogen and oxygen atoms in total. The molecule has 1 fully saturated rings. The van der Waals surface area contributed by atoms with Gasteiger partial charge in [-0.05, 0) is 12.5 Å². The van der Waals surface area contributed by atoms with Crippen LogP contribution in [0.25, 0.3) is 0 Å². The van der Waals surface area contributed by atoms with Gasteiger partial charge >= 0.3 is 5.97 Å². The van der Waals surface area contributed by atoms with E-state index in [2.05, 4.69) is 10.6 Å². The van der Waals surface area contributed by atoms with Crippen molar-refractivity contribution in [2.75, 3.05) is 13.7 Å². The molecule has 2 rings (SSSR count). The van der Waals surface area contributed by atoms with Gasteiger partial charge in [0.15, 0.2) is 6.04 Å². The van der Waals surface area contributed by atoms with Crippen molar-refractivity contribution in [3.05, 3.63) is 34.9 Å². The van der Waals surface area contributed by atoms with E-state index in [1.54, 1.807) is 31.4 Å². The summed E-state index contributed by atoms with van der Waals surface area (Å²) in [5.74, 6) is -1.53. The Balaban J connectivity index is 2.09. The minimum atomic E-state index is -1.17. The molecule has 3 atom stereocenters. The Morgan fingerprint density at radius 1 is 1.48 bits per heavy atom. The number of rotatable bonds is 5. The van der Waals surface area contributed by atoms with Gasteiger partial charge in [0.1, 0.15) is 0 Å². The van der Waals surface area contributed by atoms with Crippen molar-refractivity contribution in [1.82, 2.24) is 10.6 Å². The molecule has 7 heteroatoms. The summed E-state index contributed by atoms with van der Waals surface area (Å²) < 4.78 is 5.17. The standard InChI is InChI=1S/C14H17ClN2O4/c1-21-8-6-11(16-7-8)13(18)17-12(14(19)20)9-4-2-3-5-10(9)15/h2-5,8,11-12,16H,6-7H2,1H3,(H,17,18)(H,19,20)/t8?,11?,12-/m1/s1. The van der Waals surface area contributed by atoms with Crippen LogP contribution in [-0.4, -0.2) is 42.8 Å². The SMILES string of the molecule is COC1CNC(C(=O)N[C@@H](C(=O)O)c2ccccc2Cl)C1.